The topological polar surface area (TPSA) is 13.1 Å². The minimum atomic E-state index is 0.972. The molecule has 26 heavy (non-hydrogen) atoms. The second-order valence-electron chi connectivity index (χ2n) is 7.67. The van der Waals surface area contributed by atoms with E-state index in [1.165, 1.54) is 55.1 Å². The summed E-state index contributed by atoms with van der Waals surface area (Å²) in [5, 5.41) is 4.87. The molecule has 0 fully saturated rings. The molecular formula is C24H22NO+. The van der Waals surface area contributed by atoms with Crippen LogP contribution in [-0.2, 0) is 7.05 Å². The van der Waals surface area contributed by atoms with Crippen LogP contribution in [0.2, 0.25) is 0 Å². The number of rotatable bonds is 0. The van der Waals surface area contributed by atoms with Gasteiger partial charge in [0.1, 0.15) is 12.8 Å². The first-order valence-electron chi connectivity index (χ1n) is 9.10. The van der Waals surface area contributed by atoms with E-state index in [4.69, 9.17) is 4.74 Å². The fourth-order valence-corrected chi connectivity index (χ4v) is 4.31. The summed E-state index contributed by atoms with van der Waals surface area (Å²) in [5.74, 6) is 1.95. The van der Waals surface area contributed by atoms with Crippen molar-refractivity contribution < 1.29 is 9.30 Å². The summed E-state index contributed by atoms with van der Waals surface area (Å²) in [6.45, 7) is 8.70. The van der Waals surface area contributed by atoms with E-state index in [2.05, 4.69) is 81.9 Å². The van der Waals surface area contributed by atoms with Crippen LogP contribution in [-0.4, -0.2) is 0 Å². The van der Waals surface area contributed by atoms with Crippen molar-refractivity contribution in [2.75, 3.05) is 0 Å². The molecule has 0 aliphatic carbocycles. The van der Waals surface area contributed by atoms with E-state index >= 15 is 0 Å². The Labute approximate surface area is 153 Å². The Balaban J connectivity index is 2.04. The van der Waals surface area contributed by atoms with Crippen LogP contribution in [0.5, 0.6) is 11.5 Å². The first-order valence-corrected chi connectivity index (χ1v) is 9.10. The van der Waals surface area contributed by atoms with Crippen molar-refractivity contribution in [2.45, 2.75) is 27.7 Å². The Bertz CT molecular complexity index is 1250. The molecule has 0 amide bonds. The van der Waals surface area contributed by atoms with Crippen molar-refractivity contribution in [1.82, 2.24) is 0 Å². The van der Waals surface area contributed by atoms with Gasteiger partial charge in [0, 0.05) is 16.2 Å². The smallest absolute Gasteiger partial charge is 0.257 e. The molecular weight excluding hydrogens is 318 g/mol. The minimum absolute atomic E-state index is 0.972. The standard InChI is InChI=1S/C24H22NO/c1-13-6-7-17-12-25(5)23-21-16(4)15(3)11-18-8-14(2)10-20(22(18)21)26-24(23)19(17)9-13/h6-12H,1-5H3/q+1. The summed E-state index contributed by atoms with van der Waals surface area (Å²) in [7, 11) is 2.12. The molecule has 0 saturated heterocycles. The van der Waals surface area contributed by atoms with Crippen molar-refractivity contribution in [1.29, 1.82) is 0 Å². The van der Waals surface area contributed by atoms with Crippen LogP contribution in [0.4, 0.5) is 0 Å². The van der Waals surface area contributed by atoms with Crippen LogP contribution in [0.25, 0.3) is 32.8 Å². The van der Waals surface area contributed by atoms with Crippen LogP contribution in [0, 0.1) is 27.7 Å². The molecule has 0 bridgehead atoms. The largest absolute Gasteiger partial charge is 0.449 e. The highest BCUT2D eigenvalue weighted by atomic mass is 16.5. The Kier molecular flexibility index (Phi) is 3.00. The zero-order valence-electron chi connectivity index (χ0n) is 15.9. The first kappa shape index (κ1) is 15.4. The Morgan fingerprint density at radius 2 is 1.65 bits per heavy atom. The number of ether oxygens (including phenoxy) is 1. The van der Waals surface area contributed by atoms with E-state index in [0.29, 0.717) is 0 Å². The third-order valence-corrected chi connectivity index (χ3v) is 5.67. The van der Waals surface area contributed by atoms with Crippen molar-refractivity contribution in [2.24, 2.45) is 7.05 Å². The molecule has 1 aliphatic rings. The van der Waals surface area contributed by atoms with Crippen LogP contribution in [0.15, 0.2) is 42.6 Å². The Morgan fingerprint density at radius 1 is 0.846 bits per heavy atom. The molecule has 0 atom stereocenters. The van der Waals surface area contributed by atoms with E-state index < -0.39 is 0 Å². The molecule has 128 valence electrons. The molecule has 1 aliphatic heterocycles. The van der Waals surface area contributed by atoms with Gasteiger partial charge >= 0.3 is 0 Å². The molecule has 0 N–H and O–H groups in total. The van der Waals surface area contributed by atoms with Crippen molar-refractivity contribution in [3.8, 4) is 22.8 Å². The van der Waals surface area contributed by atoms with Crippen molar-refractivity contribution in [3.63, 3.8) is 0 Å². The molecule has 3 aromatic carbocycles. The van der Waals surface area contributed by atoms with Gasteiger partial charge in [0.2, 0.25) is 5.75 Å². The van der Waals surface area contributed by atoms with Gasteiger partial charge in [-0.25, -0.2) is 0 Å². The number of hydrogen-bond acceptors (Lipinski definition) is 1. The molecule has 0 unspecified atom stereocenters. The summed E-state index contributed by atoms with van der Waals surface area (Å²) < 4.78 is 8.77. The van der Waals surface area contributed by atoms with E-state index in [1.807, 2.05) is 0 Å². The van der Waals surface area contributed by atoms with E-state index in [1.54, 1.807) is 0 Å². The van der Waals surface area contributed by atoms with Gasteiger partial charge in [-0.1, -0.05) is 23.8 Å². The zero-order valence-corrected chi connectivity index (χ0v) is 15.9. The van der Waals surface area contributed by atoms with Gasteiger partial charge in [0.05, 0.1) is 5.56 Å². The highest BCUT2D eigenvalue weighted by Gasteiger charge is 2.31. The fraction of sp³-hybridized carbons (Fsp3) is 0.208. The molecule has 0 saturated carbocycles. The number of benzene rings is 3. The second-order valence-corrected chi connectivity index (χ2v) is 7.67. The SMILES string of the molecule is Cc1cc2c3c(c(C)c(C)cc3c1)-c1c(c3cc(C)ccc3c[n+]1C)O2. The lowest BCUT2D eigenvalue weighted by molar-refractivity contribution is -0.659. The third-order valence-electron chi connectivity index (χ3n) is 5.67. The average Bonchev–Trinajstić information content (AvgIpc) is 2.59. The van der Waals surface area contributed by atoms with Gasteiger partial charge in [-0.2, -0.15) is 4.57 Å². The Morgan fingerprint density at radius 3 is 2.46 bits per heavy atom. The molecule has 2 nitrogen and oxygen atoms in total. The predicted molar refractivity (Wildman–Crippen MR) is 107 cm³/mol. The summed E-state index contributed by atoms with van der Waals surface area (Å²) in [6, 6.07) is 13.3. The molecule has 4 aromatic rings. The van der Waals surface area contributed by atoms with Gasteiger partial charge < -0.3 is 4.74 Å². The molecule has 5 rings (SSSR count). The second kappa shape index (κ2) is 5.07. The van der Waals surface area contributed by atoms with Crippen molar-refractivity contribution in [3.05, 3.63) is 64.8 Å². The number of pyridine rings is 1. The normalized spacial score (nSPS) is 12.3. The van der Waals surface area contributed by atoms with Crippen LogP contribution < -0.4 is 9.30 Å². The lowest BCUT2D eigenvalue weighted by Crippen LogP contribution is -2.32. The van der Waals surface area contributed by atoms with Gasteiger partial charge in [0.15, 0.2) is 6.20 Å². The maximum absolute atomic E-state index is 6.55. The van der Waals surface area contributed by atoms with E-state index in [0.717, 1.165) is 11.5 Å². The summed E-state index contributed by atoms with van der Waals surface area (Å²) >= 11 is 0. The van der Waals surface area contributed by atoms with Gasteiger partial charge in [-0.15, -0.1) is 0 Å². The fourth-order valence-electron chi connectivity index (χ4n) is 4.31. The zero-order chi connectivity index (χ0) is 18.2. The quantitative estimate of drug-likeness (QED) is 0.324. The molecule has 2 heterocycles. The lowest BCUT2D eigenvalue weighted by Gasteiger charge is -2.23. The summed E-state index contributed by atoms with van der Waals surface area (Å²) in [4.78, 5) is 0. The average molecular weight is 340 g/mol. The molecule has 0 spiro atoms. The summed E-state index contributed by atoms with van der Waals surface area (Å²) in [6.07, 6.45) is 2.21. The van der Waals surface area contributed by atoms with Crippen molar-refractivity contribution >= 4 is 21.5 Å². The Hall–Kier alpha value is -2.87. The number of fused-ring (bicyclic) bond motifs is 4. The number of nitrogens with zero attached hydrogens (tertiary/aromatic N) is 1. The maximum Gasteiger partial charge on any atom is 0.257 e. The van der Waals surface area contributed by atoms with E-state index in [-0.39, 0.29) is 0 Å². The van der Waals surface area contributed by atoms with E-state index in [9.17, 15) is 0 Å². The van der Waals surface area contributed by atoms with Gasteiger partial charge in [-0.3, -0.25) is 0 Å². The number of hydrogen-bond donors (Lipinski definition) is 0. The highest BCUT2D eigenvalue weighted by Crippen LogP contribution is 2.49. The van der Waals surface area contributed by atoms with Gasteiger partial charge in [0.25, 0.3) is 5.69 Å². The molecule has 2 heteroatoms. The first-order chi connectivity index (χ1) is 12.4. The third kappa shape index (κ3) is 1.96. The lowest BCUT2D eigenvalue weighted by atomic mass is 9.89. The molecule has 0 radical (unpaired) electrons. The number of aryl methyl sites for hydroxylation is 4. The molecule has 1 aromatic heterocycles. The van der Waals surface area contributed by atoms with Crippen LogP contribution in [0.1, 0.15) is 22.3 Å². The highest BCUT2D eigenvalue weighted by molar-refractivity contribution is 6.07. The minimum Gasteiger partial charge on any atom is -0.449 e. The van der Waals surface area contributed by atoms with Crippen LogP contribution in [0.3, 0.4) is 0 Å². The monoisotopic (exact) mass is 340 g/mol. The van der Waals surface area contributed by atoms with Crippen LogP contribution >= 0.6 is 0 Å². The maximum atomic E-state index is 6.55. The van der Waals surface area contributed by atoms with Gasteiger partial charge in [-0.05, 0) is 68.0 Å². The summed E-state index contributed by atoms with van der Waals surface area (Å²) in [5.41, 5.74) is 7.60. The number of aromatic nitrogens is 1. The predicted octanol–water partition coefficient (Wildman–Crippen LogP) is 5.82.